The highest BCUT2D eigenvalue weighted by molar-refractivity contribution is 6.35. The number of aromatic nitrogens is 3. The Bertz CT molecular complexity index is 684. The molecule has 3 aromatic rings. The third kappa shape index (κ3) is 1.37. The maximum absolute atomic E-state index is 6.18. The molecule has 0 bridgehead atoms. The molecule has 0 aliphatic carbocycles. The number of fused-ring (bicyclic) bond motifs is 2. The standard InChI is InChI=1S/C12H11ClN4/c1-6-3-4-9(13)7-5-8-11(14)16-17(2)12(8)15-10(6)7/h3-5H,1-2H3,(H2,14,16). The Balaban J connectivity index is 2.58. The molecular formula is C12H11ClN4. The summed E-state index contributed by atoms with van der Waals surface area (Å²) < 4.78 is 1.68. The molecule has 0 saturated carbocycles. The van der Waals surface area contributed by atoms with Gasteiger partial charge in [-0.05, 0) is 24.6 Å². The quantitative estimate of drug-likeness (QED) is 0.664. The van der Waals surface area contributed by atoms with Crippen LogP contribution in [0.3, 0.4) is 0 Å². The van der Waals surface area contributed by atoms with Crippen molar-refractivity contribution in [3.63, 3.8) is 0 Å². The Morgan fingerprint density at radius 1 is 1.29 bits per heavy atom. The van der Waals surface area contributed by atoms with Gasteiger partial charge in [0.25, 0.3) is 0 Å². The summed E-state index contributed by atoms with van der Waals surface area (Å²) in [6.45, 7) is 2.01. The molecule has 1 aromatic carbocycles. The van der Waals surface area contributed by atoms with Crippen LogP contribution in [0.5, 0.6) is 0 Å². The van der Waals surface area contributed by atoms with Crippen LogP contribution in [0.4, 0.5) is 5.82 Å². The number of nitrogens with two attached hydrogens (primary N) is 1. The number of halogens is 1. The minimum absolute atomic E-state index is 0.481. The molecule has 2 aromatic heterocycles. The molecule has 0 radical (unpaired) electrons. The van der Waals surface area contributed by atoms with Gasteiger partial charge in [0.15, 0.2) is 11.5 Å². The lowest BCUT2D eigenvalue weighted by Crippen LogP contribution is -1.93. The van der Waals surface area contributed by atoms with Gasteiger partial charge in [-0.15, -0.1) is 0 Å². The molecule has 86 valence electrons. The average Bonchev–Trinajstić information content (AvgIpc) is 2.58. The topological polar surface area (TPSA) is 56.7 Å². The fourth-order valence-corrected chi connectivity index (χ4v) is 2.26. The number of anilines is 1. The molecule has 0 fully saturated rings. The average molecular weight is 247 g/mol. The highest BCUT2D eigenvalue weighted by Crippen LogP contribution is 2.29. The van der Waals surface area contributed by atoms with Gasteiger partial charge in [-0.25, -0.2) is 9.67 Å². The predicted molar refractivity (Wildman–Crippen MR) is 70.2 cm³/mol. The van der Waals surface area contributed by atoms with Gasteiger partial charge in [0, 0.05) is 12.4 Å². The molecule has 0 atom stereocenters. The van der Waals surface area contributed by atoms with E-state index < -0.39 is 0 Å². The summed E-state index contributed by atoms with van der Waals surface area (Å²) in [7, 11) is 1.83. The Morgan fingerprint density at radius 3 is 2.82 bits per heavy atom. The molecule has 5 heteroatoms. The highest BCUT2D eigenvalue weighted by atomic mass is 35.5. The number of benzene rings is 1. The van der Waals surface area contributed by atoms with E-state index in [0.717, 1.165) is 27.5 Å². The van der Waals surface area contributed by atoms with E-state index in [0.29, 0.717) is 10.8 Å². The number of nitrogens with zero attached hydrogens (tertiary/aromatic N) is 3. The maximum atomic E-state index is 6.18. The summed E-state index contributed by atoms with van der Waals surface area (Å²) in [5.41, 5.74) is 8.60. The first kappa shape index (κ1) is 10.4. The van der Waals surface area contributed by atoms with Crippen LogP contribution in [0.25, 0.3) is 21.9 Å². The molecule has 0 aliphatic heterocycles. The lowest BCUT2D eigenvalue weighted by molar-refractivity contribution is 0.792. The van der Waals surface area contributed by atoms with Gasteiger partial charge in [0.05, 0.1) is 15.9 Å². The second-order valence-corrected chi connectivity index (χ2v) is 4.54. The van der Waals surface area contributed by atoms with Crippen molar-refractivity contribution >= 4 is 39.4 Å². The first-order valence-corrected chi connectivity index (χ1v) is 5.64. The van der Waals surface area contributed by atoms with Crippen LogP contribution in [0, 0.1) is 6.92 Å². The Morgan fingerprint density at radius 2 is 2.06 bits per heavy atom. The van der Waals surface area contributed by atoms with Crippen LogP contribution in [0.15, 0.2) is 18.2 Å². The SMILES string of the molecule is Cc1ccc(Cl)c2cc3c(N)nn(C)c3nc12. The third-order valence-corrected chi connectivity index (χ3v) is 3.28. The summed E-state index contributed by atoms with van der Waals surface area (Å²) in [5, 5.41) is 6.60. The van der Waals surface area contributed by atoms with Gasteiger partial charge >= 0.3 is 0 Å². The molecule has 0 unspecified atom stereocenters. The van der Waals surface area contributed by atoms with E-state index in [1.54, 1.807) is 4.68 Å². The normalized spacial score (nSPS) is 11.5. The zero-order valence-electron chi connectivity index (χ0n) is 9.53. The minimum atomic E-state index is 0.481. The molecule has 2 heterocycles. The van der Waals surface area contributed by atoms with Gasteiger partial charge in [-0.2, -0.15) is 5.10 Å². The van der Waals surface area contributed by atoms with Crippen LogP contribution >= 0.6 is 11.6 Å². The van der Waals surface area contributed by atoms with Crippen LogP contribution in [-0.2, 0) is 7.05 Å². The number of rotatable bonds is 0. The van der Waals surface area contributed by atoms with Crippen LogP contribution in [-0.4, -0.2) is 14.8 Å². The summed E-state index contributed by atoms with van der Waals surface area (Å²) in [5.74, 6) is 0.481. The van der Waals surface area contributed by atoms with E-state index >= 15 is 0 Å². The zero-order valence-corrected chi connectivity index (χ0v) is 10.3. The van der Waals surface area contributed by atoms with Gasteiger partial charge < -0.3 is 5.73 Å². The van der Waals surface area contributed by atoms with Gasteiger partial charge in [0.1, 0.15) is 0 Å². The van der Waals surface area contributed by atoms with E-state index in [4.69, 9.17) is 17.3 Å². The molecule has 0 saturated heterocycles. The fraction of sp³-hybridized carbons (Fsp3) is 0.167. The van der Waals surface area contributed by atoms with Crippen LogP contribution in [0.1, 0.15) is 5.56 Å². The Kier molecular flexibility index (Phi) is 2.03. The van der Waals surface area contributed by atoms with Crippen LogP contribution in [0.2, 0.25) is 5.02 Å². The van der Waals surface area contributed by atoms with Gasteiger partial charge in [0.2, 0.25) is 0 Å². The van der Waals surface area contributed by atoms with E-state index in [1.807, 2.05) is 32.2 Å². The number of nitrogen functional groups attached to an aromatic ring is 1. The molecule has 17 heavy (non-hydrogen) atoms. The molecule has 0 amide bonds. The predicted octanol–water partition coefficient (Wildman–Crippen LogP) is 2.67. The minimum Gasteiger partial charge on any atom is -0.382 e. The highest BCUT2D eigenvalue weighted by Gasteiger charge is 2.11. The molecule has 0 spiro atoms. The summed E-state index contributed by atoms with van der Waals surface area (Å²) >= 11 is 6.18. The Hall–Kier alpha value is -1.81. The van der Waals surface area contributed by atoms with Crippen molar-refractivity contribution < 1.29 is 0 Å². The van der Waals surface area contributed by atoms with Crippen molar-refractivity contribution in [3.8, 4) is 0 Å². The first-order chi connectivity index (χ1) is 8.08. The largest absolute Gasteiger partial charge is 0.382 e. The number of hydrogen-bond acceptors (Lipinski definition) is 3. The Labute approximate surface area is 103 Å². The van der Waals surface area contributed by atoms with Gasteiger partial charge in [-0.1, -0.05) is 17.7 Å². The summed E-state index contributed by atoms with van der Waals surface area (Å²) in [6.07, 6.45) is 0. The van der Waals surface area contributed by atoms with E-state index in [1.165, 1.54) is 0 Å². The van der Waals surface area contributed by atoms with Crippen molar-refractivity contribution in [2.24, 2.45) is 7.05 Å². The zero-order chi connectivity index (χ0) is 12.2. The molecule has 2 N–H and O–H groups in total. The second kappa shape index (κ2) is 3.34. The van der Waals surface area contributed by atoms with Crippen LogP contribution < -0.4 is 5.73 Å². The smallest absolute Gasteiger partial charge is 0.160 e. The van der Waals surface area contributed by atoms with Crippen molar-refractivity contribution in [1.29, 1.82) is 0 Å². The van der Waals surface area contributed by atoms with E-state index in [9.17, 15) is 0 Å². The fourth-order valence-electron chi connectivity index (χ4n) is 2.05. The number of hydrogen-bond donors (Lipinski definition) is 1. The molecule has 0 aliphatic rings. The first-order valence-electron chi connectivity index (χ1n) is 5.26. The summed E-state index contributed by atoms with van der Waals surface area (Å²) in [6, 6.07) is 5.79. The lowest BCUT2D eigenvalue weighted by Gasteiger charge is -2.04. The summed E-state index contributed by atoms with van der Waals surface area (Å²) in [4.78, 5) is 4.59. The van der Waals surface area contributed by atoms with Gasteiger partial charge in [-0.3, -0.25) is 0 Å². The van der Waals surface area contributed by atoms with E-state index in [-0.39, 0.29) is 0 Å². The third-order valence-electron chi connectivity index (χ3n) is 2.95. The van der Waals surface area contributed by atoms with Crippen molar-refractivity contribution in [3.05, 3.63) is 28.8 Å². The number of aryl methyl sites for hydroxylation is 2. The second-order valence-electron chi connectivity index (χ2n) is 4.13. The van der Waals surface area contributed by atoms with Crippen molar-refractivity contribution in [2.45, 2.75) is 6.92 Å². The molecule has 3 rings (SSSR count). The van der Waals surface area contributed by atoms with Crippen molar-refractivity contribution in [1.82, 2.24) is 14.8 Å². The van der Waals surface area contributed by atoms with E-state index in [2.05, 4.69) is 10.1 Å². The molecule has 4 nitrogen and oxygen atoms in total. The van der Waals surface area contributed by atoms with Crippen molar-refractivity contribution in [2.75, 3.05) is 5.73 Å². The molecular weight excluding hydrogens is 236 g/mol. The number of pyridine rings is 1. The lowest BCUT2D eigenvalue weighted by atomic mass is 10.1. The monoisotopic (exact) mass is 246 g/mol. The maximum Gasteiger partial charge on any atom is 0.160 e.